The standard InChI is InChI=1S/C12H18ClNO2S/c1-9(17(3,15)16)12(14-2)8-10-5-4-6-11(13)7-10/h4-7,9,12,14H,8H2,1-3H3. The van der Waals surface area contributed by atoms with Gasteiger partial charge in [-0.2, -0.15) is 0 Å². The van der Waals surface area contributed by atoms with Gasteiger partial charge in [-0.3, -0.25) is 0 Å². The highest BCUT2D eigenvalue weighted by Gasteiger charge is 2.24. The van der Waals surface area contributed by atoms with Crippen LogP contribution in [0.2, 0.25) is 5.02 Å². The molecule has 0 radical (unpaired) electrons. The molecule has 5 heteroatoms. The number of halogens is 1. The van der Waals surface area contributed by atoms with E-state index in [0.717, 1.165) is 5.56 Å². The van der Waals surface area contributed by atoms with E-state index in [2.05, 4.69) is 5.32 Å². The first kappa shape index (κ1) is 14.5. The lowest BCUT2D eigenvalue weighted by molar-refractivity contribution is 0.516. The number of nitrogens with one attached hydrogen (secondary N) is 1. The largest absolute Gasteiger partial charge is 0.315 e. The molecule has 0 saturated heterocycles. The molecule has 1 N–H and O–H groups in total. The van der Waals surface area contributed by atoms with Gasteiger partial charge in [-0.1, -0.05) is 23.7 Å². The molecule has 0 bridgehead atoms. The molecule has 0 fully saturated rings. The topological polar surface area (TPSA) is 46.2 Å². The predicted octanol–water partition coefficient (Wildman–Crippen LogP) is 1.90. The van der Waals surface area contributed by atoms with Crippen molar-refractivity contribution in [3.05, 3.63) is 34.9 Å². The summed E-state index contributed by atoms with van der Waals surface area (Å²) in [6, 6.07) is 7.38. The van der Waals surface area contributed by atoms with Crippen LogP contribution in [0.5, 0.6) is 0 Å². The highest BCUT2D eigenvalue weighted by Crippen LogP contribution is 2.15. The SMILES string of the molecule is CNC(Cc1cccc(Cl)c1)C(C)S(C)(=O)=O. The summed E-state index contributed by atoms with van der Waals surface area (Å²) in [5.74, 6) is 0. The van der Waals surface area contributed by atoms with E-state index in [4.69, 9.17) is 11.6 Å². The molecule has 0 spiro atoms. The van der Waals surface area contributed by atoms with Gasteiger partial charge in [0.1, 0.15) is 0 Å². The zero-order valence-corrected chi connectivity index (χ0v) is 11.8. The summed E-state index contributed by atoms with van der Waals surface area (Å²) >= 11 is 5.90. The summed E-state index contributed by atoms with van der Waals surface area (Å²) in [6.07, 6.45) is 1.91. The van der Waals surface area contributed by atoms with E-state index in [1.165, 1.54) is 6.26 Å². The Morgan fingerprint density at radius 1 is 1.41 bits per heavy atom. The van der Waals surface area contributed by atoms with Crippen LogP contribution in [0.15, 0.2) is 24.3 Å². The van der Waals surface area contributed by atoms with Gasteiger partial charge in [0, 0.05) is 17.3 Å². The van der Waals surface area contributed by atoms with Crippen molar-refractivity contribution in [1.29, 1.82) is 0 Å². The van der Waals surface area contributed by atoms with Crippen molar-refractivity contribution in [3.63, 3.8) is 0 Å². The molecule has 0 aliphatic rings. The van der Waals surface area contributed by atoms with Gasteiger partial charge in [-0.15, -0.1) is 0 Å². The Hall–Kier alpha value is -0.580. The molecular formula is C12H18ClNO2S. The fourth-order valence-corrected chi connectivity index (χ4v) is 2.76. The third-order valence-electron chi connectivity index (χ3n) is 2.96. The van der Waals surface area contributed by atoms with Gasteiger partial charge in [0.25, 0.3) is 0 Å². The quantitative estimate of drug-likeness (QED) is 0.893. The molecule has 1 aromatic rings. The monoisotopic (exact) mass is 275 g/mol. The number of hydrogen-bond donors (Lipinski definition) is 1. The van der Waals surface area contributed by atoms with Crippen molar-refractivity contribution in [2.24, 2.45) is 0 Å². The van der Waals surface area contributed by atoms with Crippen LogP contribution in [0.25, 0.3) is 0 Å². The van der Waals surface area contributed by atoms with Gasteiger partial charge in [0.05, 0.1) is 5.25 Å². The van der Waals surface area contributed by atoms with Gasteiger partial charge in [0.15, 0.2) is 9.84 Å². The maximum Gasteiger partial charge on any atom is 0.151 e. The molecule has 1 rings (SSSR count). The van der Waals surface area contributed by atoms with Gasteiger partial charge in [0.2, 0.25) is 0 Å². The van der Waals surface area contributed by atoms with Crippen LogP contribution in [0, 0.1) is 0 Å². The van der Waals surface area contributed by atoms with Gasteiger partial charge in [-0.05, 0) is 38.1 Å². The van der Waals surface area contributed by atoms with Crippen molar-refractivity contribution >= 4 is 21.4 Å². The van der Waals surface area contributed by atoms with Gasteiger partial charge >= 0.3 is 0 Å². The lowest BCUT2D eigenvalue weighted by atomic mass is 10.0. The number of likely N-dealkylation sites (N-methyl/N-ethyl adjacent to an activating group) is 1. The molecule has 0 aliphatic carbocycles. The Labute approximate surface area is 108 Å². The predicted molar refractivity (Wildman–Crippen MR) is 72.3 cm³/mol. The Morgan fingerprint density at radius 2 is 2.06 bits per heavy atom. The first-order chi connectivity index (χ1) is 7.84. The van der Waals surface area contributed by atoms with E-state index in [1.807, 2.05) is 18.2 Å². The number of rotatable bonds is 5. The summed E-state index contributed by atoms with van der Waals surface area (Å²) in [5, 5.41) is 3.30. The molecule has 0 amide bonds. The van der Waals surface area contributed by atoms with Crippen LogP contribution in [0.1, 0.15) is 12.5 Å². The number of hydrogen-bond acceptors (Lipinski definition) is 3. The van der Waals surface area contributed by atoms with E-state index in [9.17, 15) is 8.42 Å². The second-order valence-corrected chi connectivity index (χ2v) is 7.10. The van der Waals surface area contributed by atoms with Crippen molar-refractivity contribution in [3.8, 4) is 0 Å². The van der Waals surface area contributed by atoms with Crippen LogP contribution in [-0.4, -0.2) is 33.0 Å². The minimum absolute atomic E-state index is 0.108. The third kappa shape index (κ3) is 4.30. The lowest BCUT2D eigenvalue weighted by Crippen LogP contribution is -2.41. The van der Waals surface area contributed by atoms with Crippen molar-refractivity contribution in [1.82, 2.24) is 5.32 Å². The van der Waals surface area contributed by atoms with Gasteiger partial charge in [-0.25, -0.2) is 8.42 Å². The smallest absolute Gasteiger partial charge is 0.151 e. The zero-order valence-electron chi connectivity index (χ0n) is 10.3. The average Bonchev–Trinajstić information content (AvgIpc) is 2.24. The Morgan fingerprint density at radius 3 is 2.53 bits per heavy atom. The van der Waals surface area contributed by atoms with Crippen LogP contribution >= 0.6 is 11.6 Å². The van der Waals surface area contributed by atoms with Crippen LogP contribution in [0.4, 0.5) is 0 Å². The van der Waals surface area contributed by atoms with Gasteiger partial charge < -0.3 is 5.32 Å². The van der Waals surface area contributed by atoms with E-state index in [0.29, 0.717) is 11.4 Å². The maximum absolute atomic E-state index is 11.5. The summed E-state index contributed by atoms with van der Waals surface area (Å²) in [5.41, 5.74) is 1.03. The summed E-state index contributed by atoms with van der Waals surface area (Å²) in [6.45, 7) is 1.72. The van der Waals surface area contributed by atoms with E-state index in [1.54, 1.807) is 20.0 Å². The number of sulfone groups is 1. The van der Waals surface area contributed by atoms with Crippen molar-refractivity contribution in [2.75, 3.05) is 13.3 Å². The summed E-state index contributed by atoms with van der Waals surface area (Å²) in [4.78, 5) is 0. The molecule has 17 heavy (non-hydrogen) atoms. The highest BCUT2D eigenvalue weighted by molar-refractivity contribution is 7.91. The minimum Gasteiger partial charge on any atom is -0.315 e. The van der Waals surface area contributed by atoms with Crippen LogP contribution < -0.4 is 5.32 Å². The summed E-state index contributed by atoms with van der Waals surface area (Å²) < 4.78 is 23.0. The average molecular weight is 276 g/mol. The third-order valence-corrected chi connectivity index (χ3v) is 4.87. The molecule has 0 heterocycles. The Bertz CT molecular complexity index is 473. The van der Waals surface area contributed by atoms with Crippen LogP contribution in [-0.2, 0) is 16.3 Å². The molecule has 0 aliphatic heterocycles. The maximum atomic E-state index is 11.5. The molecule has 3 nitrogen and oxygen atoms in total. The second-order valence-electron chi connectivity index (χ2n) is 4.26. The molecule has 0 saturated carbocycles. The van der Waals surface area contributed by atoms with Crippen molar-refractivity contribution < 1.29 is 8.42 Å². The zero-order chi connectivity index (χ0) is 13.1. The van der Waals surface area contributed by atoms with E-state index < -0.39 is 15.1 Å². The van der Waals surface area contributed by atoms with E-state index in [-0.39, 0.29) is 6.04 Å². The Balaban J connectivity index is 2.84. The lowest BCUT2D eigenvalue weighted by Gasteiger charge is -2.22. The number of benzene rings is 1. The molecule has 1 aromatic carbocycles. The van der Waals surface area contributed by atoms with E-state index >= 15 is 0 Å². The first-order valence-corrected chi connectivity index (χ1v) is 7.78. The molecule has 96 valence electrons. The molecule has 2 unspecified atom stereocenters. The molecule has 0 aromatic heterocycles. The Kier molecular flexibility index (Phi) is 4.98. The fraction of sp³-hybridized carbons (Fsp3) is 0.500. The second kappa shape index (κ2) is 5.85. The first-order valence-electron chi connectivity index (χ1n) is 5.45. The fourth-order valence-electron chi connectivity index (χ4n) is 1.72. The minimum atomic E-state index is -3.04. The summed E-state index contributed by atoms with van der Waals surface area (Å²) in [7, 11) is -1.27. The highest BCUT2D eigenvalue weighted by atomic mass is 35.5. The van der Waals surface area contributed by atoms with Crippen molar-refractivity contribution in [2.45, 2.75) is 24.6 Å². The molecular weight excluding hydrogens is 258 g/mol. The van der Waals surface area contributed by atoms with Crippen LogP contribution in [0.3, 0.4) is 0 Å². The molecule has 2 atom stereocenters. The normalized spacial score (nSPS) is 15.5.